The number of aliphatic hydroxyl groups excluding tert-OH is 4. The van der Waals surface area contributed by atoms with Crippen molar-refractivity contribution in [3.8, 4) is 0 Å². The SMILES string of the molecule is C=C(C)C(=O)O.CC(O)CO.CC(O)CO. The normalized spacial score (nSPS) is 12.2. The van der Waals surface area contributed by atoms with E-state index in [0.29, 0.717) is 0 Å². The number of aliphatic hydroxyl groups is 4. The molecule has 6 nitrogen and oxygen atoms in total. The molecule has 0 saturated carbocycles. The lowest BCUT2D eigenvalue weighted by molar-refractivity contribution is -0.132. The summed E-state index contributed by atoms with van der Waals surface area (Å²) in [7, 11) is 0. The molecule has 0 aromatic carbocycles. The van der Waals surface area contributed by atoms with E-state index in [1.165, 1.54) is 20.8 Å². The van der Waals surface area contributed by atoms with Gasteiger partial charge in [0.2, 0.25) is 0 Å². The zero-order valence-corrected chi connectivity index (χ0v) is 9.92. The van der Waals surface area contributed by atoms with Gasteiger partial charge in [0.05, 0.1) is 25.4 Å². The number of hydrogen-bond acceptors (Lipinski definition) is 5. The van der Waals surface area contributed by atoms with E-state index >= 15 is 0 Å². The van der Waals surface area contributed by atoms with Crippen LogP contribution < -0.4 is 0 Å². The molecule has 0 rings (SSSR count). The van der Waals surface area contributed by atoms with E-state index in [9.17, 15) is 4.79 Å². The Kier molecular flexibility index (Phi) is 18.0. The van der Waals surface area contributed by atoms with Crippen molar-refractivity contribution >= 4 is 5.97 Å². The van der Waals surface area contributed by atoms with Gasteiger partial charge >= 0.3 is 5.97 Å². The molecule has 0 spiro atoms. The molecule has 0 aromatic rings. The number of carbonyl (C=O) groups is 1. The Morgan fingerprint density at radius 1 is 1.12 bits per heavy atom. The molecule has 0 amide bonds. The zero-order valence-electron chi connectivity index (χ0n) is 9.92. The van der Waals surface area contributed by atoms with E-state index in [1.54, 1.807) is 0 Å². The first-order valence-corrected chi connectivity index (χ1v) is 4.65. The highest BCUT2D eigenvalue weighted by Crippen LogP contribution is 1.81. The van der Waals surface area contributed by atoms with Crippen LogP contribution in [0.5, 0.6) is 0 Å². The summed E-state index contributed by atoms with van der Waals surface area (Å²) in [5.74, 6) is -0.935. The molecule has 0 heterocycles. The van der Waals surface area contributed by atoms with Crippen molar-refractivity contribution in [2.24, 2.45) is 0 Å². The van der Waals surface area contributed by atoms with Crippen LogP contribution in [-0.4, -0.2) is 56.9 Å². The summed E-state index contributed by atoms with van der Waals surface area (Å²) < 4.78 is 0. The molecule has 0 radical (unpaired) electrons. The van der Waals surface area contributed by atoms with E-state index in [1.807, 2.05) is 0 Å². The van der Waals surface area contributed by atoms with Gasteiger partial charge in [0.25, 0.3) is 0 Å². The molecule has 0 aromatic heterocycles. The van der Waals surface area contributed by atoms with Crippen molar-refractivity contribution in [1.29, 1.82) is 0 Å². The second kappa shape index (κ2) is 14.1. The van der Waals surface area contributed by atoms with Crippen LogP contribution in [0, 0.1) is 0 Å². The van der Waals surface area contributed by atoms with Gasteiger partial charge in [0.15, 0.2) is 0 Å². The maximum atomic E-state index is 9.60. The minimum atomic E-state index is -0.935. The molecular weight excluding hydrogens is 216 g/mol. The predicted octanol–water partition coefficient (Wildman–Crippen LogP) is -0.634. The summed E-state index contributed by atoms with van der Waals surface area (Å²) in [6, 6.07) is 0. The van der Waals surface area contributed by atoms with Crippen LogP contribution in [0.2, 0.25) is 0 Å². The van der Waals surface area contributed by atoms with Gasteiger partial charge in [0.1, 0.15) is 0 Å². The first kappa shape index (κ1) is 20.5. The maximum Gasteiger partial charge on any atom is 0.330 e. The number of rotatable bonds is 3. The quantitative estimate of drug-likeness (QED) is 0.418. The van der Waals surface area contributed by atoms with Gasteiger partial charge in [-0.3, -0.25) is 0 Å². The van der Waals surface area contributed by atoms with Gasteiger partial charge in [-0.1, -0.05) is 6.58 Å². The van der Waals surface area contributed by atoms with Crippen LogP contribution >= 0.6 is 0 Å². The first-order chi connectivity index (χ1) is 7.18. The lowest BCUT2D eigenvalue weighted by atomic mass is 10.4. The van der Waals surface area contributed by atoms with E-state index in [0.717, 1.165) is 0 Å². The number of aliphatic carboxylic acids is 1. The molecular formula is C10H22O6. The van der Waals surface area contributed by atoms with Crippen LogP contribution in [0.15, 0.2) is 12.2 Å². The molecule has 0 aliphatic carbocycles. The Labute approximate surface area is 95.5 Å². The van der Waals surface area contributed by atoms with Gasteiger partial charge in [-0.25, -0.2) is 4.79 Å². The average molecular weight is 238 g/mol. The van der Waals surface area contributed by atoms with E-state index in [2.05, 4.69) is 6.58 Å². The van der Waals surface area contributed by atoms with Gasteiger partial charge < -0.3 is 25.5 Å². The number of carboxylic acids is 1. The summed E-state index contributed by atoms with van der Waals surface area (Å²) in [6.45, 7) is 7.38. The van der Waals surface area contributed by atoms with Crippen LogP contribution in [0.3, 0.4) is 0 Å². The average Bonchev–Trinajstić information content (AvgIpc) is 2.19. The standard InChI is InChI=1S/C4H6O2.2C3H8O2/c1-3(2)4(5)6;2*1-3(5)2-4/h1H2,2H3,(H,5,6);2*3-5H,2H2,1H3. The van der Waals surface area contributed by atoms with Crippen molar-refractivity contribution in [1.82, 2.24) is 0 Å². The molecule has 5 N–H and O–H groups in total. The van der Waals surface area contributed by atoms with Crippen LogP contribution in [0.25, 0.3) is 0 Å². The minimum absolute atomic E-state index is 0.139. The second-order valence-corrected chi connectivity index (χ2v) is 3.15. The number of carboxylic acid groups (broad SMARTS) is 1. The molecule has 98 valence electrons. The largest absolute Gasteiger partial charge is 0.478 e. The fourth-order valence-corrected chi connectivity index (χ4v) is 0. The third kappa shape index (κ3) is 38.1. The second-order valence-electron chi connectivity index (χ2n) is 3.15. The van der Waals surface area contributed by atoms with Crippen molar-refractivity contribution in [3.05, 3.63) is 12.2 Å². The maximum absolute atomic E-state index is 9.60. The van der Waals surface area contributed by atoms with E-state index in [4.69, 9.17) is 25.5 Å². The Hall–Kier alpha value is -0.950. The lowest BCUT2D eigenvalue weighted by Crippen LogP contribution is -2.03. The van der Waals surface area contributed by atoms with Gasteiger partial charge in [-0.15, -0.1) is 0 Å². The Bertz CT molecular complexity index is 156. The summed E-state index contributed by atoms with van der Waals surface area (Å²) in [6.07, 6.45) is -1.12. The molecule has 2 unspecified atom stereocenters. The van der Waals surface area contributed by atoms with Crippen LogP contribution in [0.4, 0.5) is 0 Å². The highest BCUT2D eigenvalue weighted by atomic mass is 16.4. The Morgan fingerprint density at radius 3 is 1.25 bits per heavy atom. The third-order valence-corrected chi connectivity index (χ3v) is 0.894. The molecule has 6 heteroatoms. The smallest absolute Gasteiger partial charge is 0.330 e. The monoisotopic (exact) mass is 238 g/mol. The van der Waals surface area contributed by atoms with Gasteiger partial charge in [0, 0.05) is 5.57 Å². The molecule has 0 fully saturated rings. The van der Waals surface area contributed by atoms with Crippen molar-refractivity contribution in [2.75, 3.05) is 13.2 Å². The van der Waals surface area contributed by atoms with Crippen LogP contribution in [0.1, 0.15) is 20.8 Å². The fraction of sp³-hybridized carbons (Fsp3) is 0.700. The Morgan fingerprint density at radius 2 is 1.25 bits per heavy atom. The van der Waals surface area contributed by atoms with E-state index in [-0.39, 0.29) is 18.8 Å². The van der Waals surface area contributed by atoms with Gasteiger partial charge in [-0.2, -0.15) is 0 Å². The third-order valence-electron chi connectivity index (χ3n) is 0.894. The van der Waals surface area contributed by atoms with Crippen molar-refractivity contribution in [2.45, 2.75) is 33.0 Å². The summed E-state index contributed by atoms with van der Waals surface area (Å²) in [5, 5.41) is 39.9. The molecule has 0 saturated heterocycles. The van der Waals surface area contributed by atoms with Crippen LogP contribution in [-0.2, 0) is 4.79 Å². The summed E-state index contributed by atoms with van der Waals surface area (Å²) in [5.41, 5.74) is 0.176. The predicted molar refractivity (Wildman–Crippen MR) is 60.0 cm³/mol. The summed E-state index contributed by atoms with van der Waals surface area (Å²) in [4.78, 5) is 9.60. The lowest BCUT2D eigenvalue weighted by Gasteiger charge is -1.90. The summed E-state index contributed by atoms with van der Waals surface area (Å²) >= 11 is 0. The highest BCUT2D eigenvalue weighted by molar-refractivity contribution is 5.84. The van der Waals surface area contributed by atoms with E-state index < -0.39 is 18.2 Å². The topological polar surface area (TPSA) is 118 Å². The molecule has 2 atom stereocenters. The zero-order chi connectivity index (χ0) is 13.7. The minimum Gasteiger partial charge on any atom is -0.478 e. The molecule has 0 bridgehead atoms. The number of hydrogen-bond donors (Lipinski definition) is 5. The molecule has 16 heavy (non-hydrogen) atoms. The van der Waals surface area contributed by atoms with Gasteiger partial charge in [-0.05, 0) is 20.8 Å². The Balaban J connectivity index is -0.000000160. The van der Waals surface area contributed by atoms with Crippen molar-refractivity contribution in [3.63, 3.8) is 0 Å². The molecule has 0 aliphatic heterocycles. The highest BCUT2D eigenvalue weighted by Gasteiger charge is 1.90. The first-order valence-electron chi connectivity index (χ1n) is 4.65. The fourth-order valence-electron chi connectivity index (χ4n) is 0. The van der Waals surface area contributed by atoms with Crippen molar-refractivity contribution < 1.29 is 30.3 Å². The molecule has 0 aliphatic rings.